The number of nitrogens with zero attached hydrogens (tertiary/aromatic N) is 2. The van der Waals surface area contributed by atoms with Crippen molar-refractivity contribution in [1.82, 2.24) is 4.90 Å². The smallest absolute Gasteiger partial charge is 0.233 e. The zero-order valence-corrected chi connectivity index (χ0v) is 15.3. The van der Waals surface area contributed by atoms with Crippen molar-refractivity contribution in [3.05, 3.63) is 59.4 Å². The van der Waals surface area contributed by atoms with Gasteiger partial charge in [-0.15, -0.1) is 0 Å². The van der Waals surface area contributed by atoms with E-state index in [4.69, 9.17) is 0 Å². The van der Waals surface area contributed by atoms with Crippen molar-refractivity contribution in [3.63, 3.8) is 0 Å². The van der Waals surface area contributed by atoms with Gasteiger partial charge in [-0.05, 0) is 36.8 Å². The number of carbonyl (C=O) groups excluding carboxylic acids is 2. The van der Waals surface area contributed by atoms with Crippen LogP contribution in [0.15, 0.2) is 36.4 Å². The molecule has 0 saturated carbocycles. The van der Waals surface area contributed by atoms with E-state index in [0.717, 1.165) is 17.3 Å². The molecule has 0 radical (unpaired) electrons. The fourth-order valence-corrected chi connectivity index (χ4v) is 3.10. The Hall–Kier alpha value is -3.03. The number of amides is 2. The first kappa shape index (κ1) is 19.7. The van der Waals surface area contributed by atoms with Crippen LogP contribution in [-0.2, 0) is 9.59 Å². The summed E-state index contributed by atoms with van der Waals surface area (Å²) >= 11 is 0. The van der Waals surface area contributed by atoms with Crippen LogP contribution in [0.5, 0.6) is 0 Å². The topological polar surface area (TPSA) is 52.7 Å². The lowest BCUT2D eigenvalue weighted by molar-refractivity contribution is -0.134. The van der Waals surface area contributed by atoms with Gasteiger partial charge in [-0.25, -0.2) is 13.2 Å². The molecule has 1 aliphatic rings. The summed E-state index contributed by atoms with van der Waals surface area (Å²) in [5, 5.41) is 2.11. The summed E-state index contributed by atoms with van der Waals surface area (Å²) in [5.41, 5.74) is 1.73. The second-order valence-corrected chi connectivity index (χ2v) is 6.65. The normalized spacial score (nSPS) is 14.1. The van der Waals surface area contributed by atoms with E-state index in [1.165, 1.54) is 0 Å². The summed E-state index contributed by atoms with van der Waals surface area (Å²) in [6, 6.07) is 9.69. The molecule has 2 aromatic carbocycles. The Bertz CT molecular complexity index is 896. The fourth-order valence-electron chi connectivity index (χ4n) is 3.10. The van der Waals surface area contributed by atoms with Crippen molar-refractivity contribution in [2.45, 2.75) is 13.3 Å². The Morgan fingerprint density at radius 3 is 2.39 bits per heavy atom. The van der Waals surface area contributed by atoms with E-state index in [-0.39, 0.29) is 0 Å². The molecule has 1 saturated heterocycles. The molecule has 0 aromatic heterocycles. The zero-order valence-electron chi connectivity index (χ0n) is 15.3. The SMILES string of the molecule is Cc1cccc(N2CCN(C(=O)CC(=O)Nc3ccc(F)c(F)c3F)CC2)c1. The Morgan fingerprint density at radius 2 is 1.71 bits per heavy atom. The summed E-state index contributed by atoms with van der Waals surface area (Å²) in [7, 11) is 0. The Kier molecular flexibility index (Phi) is 5.87. The maximum absolute atomic E-state index is 13.6. The number of halogens is 3. The van der Waals surface area contributed by atoms with Crippen LogP contribution >= 0.6 is 0 Å². The molecule has 28 heavy (non-hydrogen) atoms. The molecule has 1 N–H and O–H groups in total. The minimum Gasteiger partial charge on any atom is -0.368 e. The van der Waals surface area contributed by atoms with Crippen molar-refractivity contribution >= 4 is 23.2 Å². The van der Waals surface area contributed by atoms with E-state index in [0.29, 0.717) is 32.2 Å². The number of piperazine rings is 1. The van der Waals surface area contributed by atoms with Gasteiger partial charge in [0.1, 0.15) is 6.42 Å². The van der Waals surface area contributed by atoms with Crippen molar-refractivity contribution in [2.24, 2.45) is 0 Å². The molecular formula is C20H20F3N3O2. The molecule has 0 atom stereocenters. The van der Waals surface area contributed by atoms with Gasteiger partial charge in [0.15, 0.2) is 17.5 Å². The minimum atomic E-state index is -1.67. The highest BCUT2D eigenvalue weighted by Gasteiger charge is 2.24. The molecule has 148 valence electrons. The van der Waals surface area contributed by atoms with Crippen LogP contribution in [0, 0.1) is 24.4 Å². The number of nitrogens with one attached hydrogen (secondary N) is 1. The average molecular weight is 391 g/mol. The standard InChI is InChI=1S/C20H20F3N3O2/c1-13-3-2-4-14(11-13)25-7-9-26(10-8-25)18(28)12-17(27)24-16-6-5-15(21)19(22)20(16)23/h2-6,11H,7-10,12H2,1H3,(H,24,27). The van der Waals surface area contributed by atoms with E-state index < -0.39 is 41.4 Å². The monoisotopic (exact) mass is 391 g/mol. The molecule has 3 rings (SSSR count). The predicted molar refractivity (Wildman–Crippen MR) is 99.5 cm³/mol. The third kappa shape index (κ3) is 4.44. The summed E-state index contributed by atoms with van der Waals surface area (Å²) in [4.78, 5) is 28.0. The average Bonchev–Trinajstić information content (AvgIpc) is 2.68. The number of benzene rings is 2. The van der Waals surface area contributed by atoms with E-state index in [1.54, 1.807) is 4.90 Å². The van der Waals surface area contributed by atoms with E-state index in [9.17, 15) is 22.8 Å². The van der Waals surface area contributed by atoms with Gasteiger partial charge in [-0.3, -0.25) is 9.59 Å². The van der Waals surface area contributed by atoms with E-state index in [2.05, 4.69) is 16.3 Å². The van der Waals surface area contributed by atoms with Crippen LogP contribution in [0.3, 0.4) is 0 Å². The van der Waals surface area contributed by atoms with Crippen molar-refractivity contribution < 1.29 is 22.8 Å². The number of hydrogen-bond donors (Lipinski definition) is 1. The van der Waals surface area contributed by atoms with Gasteiger partial charge >= 0.3 is 0 Å². The molecule has 2 aromatic rings. The third-order valence-electron chi connectivity index (χ3n) is 4.62. The van der Waals surface area contributed by atoms with Crippen LogP contribution in [0.4, 0.5) is 24.5 Å². The quantitative estimate of drug-likeness (QED) is 0.644. The Balaban J connectivity index is 1.53. The number of anilines is 2. The van der Waals surface area contributed by atoms with Gasteiger partial charge in [0.2, 0.25) is 11.8 Å². The first-order valence-electron chi connectivity index (χ1n) is 8.88. The molecule has 2 amide bonds. The second kappa shape index (κ2) is 8.33. The van der Waals surface area contributed by atoms with E-state index >= 15 is 0 Å². The first-order chi connectivity index (χ1) is 13.3. The highest BCUT2D eigenvalue weighted by molar-refractivity contribution is 6.03. The highest BCUT2D eigenvalue weighted by Crippen LogP contribution is 2.20. The summed E-state index contributed by atoms with van der Waals surface area (Å²) in [6.07, 6.45) is -0.497. The van der Waals surface area contributed by atoms with Gasteiger partial charge < -0.3 is 15.1 Å². The lowest BCUT2D eigenvalue weighted by Crippen LogP contribution is -2.49. The first-order valence-corrected chi connectivity index (χ1v) is 8.88. The van der Waals surface area contributed by atoms with Crippen LogP contribution < -0.4 is 10.2 Å². The predicted octanol–water partition coefficient (Wildman–Crippen LogP) is 3.09. The van der Waals surface area contributed by atoms with Gasteiger partial charge in [0.05, 0.1) is 5.69 Å². The molecule has 1 fully saturated rings. The Morgan fingerprint density at radius 1 is 1.00 bits per heavy atom. The number of hydrogen-bond acceptors (Lipinski definition) is 3. The second-order valence-electron chi connectivity index (χ2n) is 6.65. The summed E-state index contributed by atoms with van der Waals surface area (Å²) < 4.78 is 39.8. The molecule has 5 nitrogen and oxygen atoms in total. The van der Waals surface area contributed by atoms with Crippen LogP contribution in [0.1, 0.15) is 12.0 Å². The summed E-state index contributed by atoms with van der Waals surface area (Å²) in [5.74, 6) is -5.69. The molecular weight excluding hydrogens is 371 g/mol. The van der Waals surface area contributed by atoms with Gasteiger partial charge in [0.25, 0.3) is 0 Å². The number of rotatable bonds is 4. The largest absolute Gasteiger partial charge is 0.368 e. The summed E-state index contributed by atoms with van der Waals surface area (Å²) in [6.45, 7) is 4.19. The maximum Gasteiger partial charge on any atom is 0.233 e. The molecule has 1 aliphatic heterocycles. The fraction of sp³-hybridized carbons (Fsp3) is 0.300. The van der Waals surface area contributed by atoms with Crippen LogP contribution in [-0.4, -0.2) is 42.9 Å². The molecule has 0 unspecified atom stereocenters. The van der Waals surface area contributed by atoms with E-state index in [1.807, 2.05) is 25.1 Å². The molecule has 0 aliphatic carbocycles. The zero-order chi connectivity index (χ0) is 20.3. The van der Waals surface area contributed by atoms with Gasteiger partial charge in [-0.2, -0.15) is 0 Å². The molecule has 0 bridgehead atoms. The number of carbonyl (C=O) groups is 2. The van der Waals surface area contributed by atoms with Crippen molar-refractivity contribution in [3.8, 4) is 0 Å². The molecule has 8 heteroatoms. The lowest BCUT2D eigenvalue weighted by Gasteiger charge is -2.36. The van der Waals surface area contributed by atoms with Gasteiger partial charge in [-0.1, -0.05) is 12.1 Å². The number of aryl methyl sites for hydroxylation is 1. The minimum absolute atomic E-state index is 0.399. The van der Waals surface area contributed by atoms with Crippen LogP contribution in [0.25, 0.3) is 0 Å². The van der Waals surface area contributed by atoms with Crippen LogP contribution in [0.2, 0.25) is 0 Å². The highest BCUT2D eigenvalue weighted by atomic mass is 19.2. The molecule has 1 heterocycles. The van der Waals surface area contributed by atoms with Crippen molar-refractivity contribution in [2.75, 3.05) is 36.4 Å². The Labute approximate surface area is 160 Å². The third-order valence-corrected chi connectivity index (χ3v) is 4.62. The van der Waals surface area contributed by atoms with Gasteiger partial charge in [0, 0.05) is 31.9 Å². The molecule has 0 spiro atoms. The lowest BCUT2D eigenvalue weighted by atomic mass is 10.2. The van der Waals surface area contributed by atoms with Crippen molar-refractivity contribution in [1.29, 1.82) is 0 Å². The maximum atomic E-state index is 13.6.